The van der Waals surface area contributed by atoms with Crippen LogP contribution < -0.4 is 10.5 Å². The largest absolute Gasteiger partial charge is 0.486 e. The average Bonchev–Trinajstić information content (AvgIpc) is 2.71. The van der Waals surface area contributed by atoms with Gasteiger partial charge in [-0.05, 0) is 18.1 Å². The lowest BCUT2D eigenvalue weighted by Crippen LogP contribution is -2.12. The topological polar surface area (TPSA) is 66.0 Å². The number of ether oxygens (including phenoxy) is 1. The Hall–Kier alpha value is -1.56. The first-order valence-electron chi connectivity index (χ1n) is 6.10. The summed E-state index contributed by atoms with van der Waals surface area (Å²) < 4.78 is 8.46. The molecule has 0 atom stereocenters. The molecule has 0 radical (unpaired) electrons. The first-order chi connectivity index (χ1) is 9.04. The van der Waals surface area contributed by atoms with E-state index in [0.717, 1.165) is 16.8 Å². The van der Waals surface area contributed by atoms with Gasteiger partial charge in [0.1, 0.15) is 18.7 Å². The Morgan fingerprint density at radius 2 is 2.16 bits per heavy atom. The first-order valence-corrected chi connectivity index (χ1v) is 6.89. The van der Waals surface area contributed by atoms with Gasteiger partial charge in [0, 0.05) is 22.8 Å². The molecule has 102 valence electrons. The molecule has 0 fully saturated rings. The summed E-state index contributed by atoms with van der Waals surface area (Å²) in [5.74, 6) is 2.04. The molecule has 0 aliphatic rings. The first kappa shape index (κ1) is 13.9. The Morgan fingerprint density at radius 3 is 2.84 bits per heavy atom. The quantitative estimate of drug-likeness (QED) is 0.859. The van der Waals surface area contributed by atoms with Gasteiger partial charge < -0.3 is 10.5 Å². The number of hydrogen-bond donors (Lipinski definition) is 1. The number of nitrogens with zero attached hydrogens (tertiary/aromatic N) is 3. The van der Waals surface area contributed by atoms with Crippen LogP contribution in [-0.2, 0) is 13.2 Å². The normalized spacial score (nSPS) is 10.9. The number of hydrogen-bond acceptors (Lipinski definition) is 4. The molecule has 0 aliphatic heterocycles. The maximum absolute atomic E-state index is 5.76. The maximum Gasteiger partial charge on any atom is 0.164 e. The van der Waals surface area contributed by atoms with Gasteiger partial charge in [-0.15, -0.1) is 0 Å². The van der Waals surface area contributed by atoms with Crippen molar-refractivity contribution in [3.05, 3.63) is 34.8 Å². The van der Waals surface area contributed by atoms with E-state index in [9.17, 15) is 0 Å². The van der Waals surface area contributed by atoms with Gasteiger partial charge in [0.2, 0.25) is 0 Å². The molecule has 5 nitrogen and oxygen atoms in total. The third kappa shape index (κ3) is 3.96. The number of aromatic nitrogens is 3. The summed E-state index contributed by atoms with van der Waals surface area (Å²) in [6, 6.07) is 5.49. The van der Waals surface area contributed by atoms with Crippen molar-refractivity contribution in [2.45, 2.75) is 27.0 Å². The average molecular weight is 325 g/mol. The molecule has 1 heterocycles. The van der Waals surface area contributed by atoms with Crippen molar-refractivity contribution in [2.75, 3.05) is 5.73 Å². The predicted molar refractivity (Wildman–Crippen MR) is 77.7 cm³/mol. The molecule has 0 aliphatic carbocycles. The van der Waals surface area contributed by atoms with E-state index in [4.69, 9.17) is 10.5 Å². The fraction of sp³-hybridized carbons (Fsp3) is 0.385. The van der Waals surface area contributed by atoms with E-state index in [-0.39, 0.29) is 0 Å². The van der Waals surface area contributed by atoms with Crippen LogP contribution in [0.4, 0.5) is 5.69 Å². The van der Waals surface area contributed by atoms with Crippen molar-refractivity contribution in [1.29, 1.82) is 0 Å². The van der Waals surface area contributed by atoms with Crippen molar-refractivity contribution in [1.82, 2.24) is 14.8 Å². The van der Waals surface area contributed by atoms with Crippen molar-refractivity contribution >= 4 is 21.6 Å². The molecule has 2 aromatic rings. The molecule has 0 saturated carbocycles. The summed E-state index contributed by atoms with van der Waals surface area (Å²) in [5, 5.41) is 4.20. The van der Waals surface area contributed by atoms with Crippen LogP contribution in [0.3, 0.4) is 0 Å². The number of anilines is 1. The summed E-state index contributed by atoms with van der Waals surface area (Å²) >= 11 is 3.39. The van der Waals surface area contributed by atoms with Crippen LogP contribution in [0.1, 0.15) is 19.7 Å². The highest BCUT2D eigenvalue weighted by molar-refractivity contribution is 9.10. The zero-order valence-corrected chi connectivity index (χ0v) is 12.6. The molecular weight excluding hydrogens is 308 g/mol. The molecule has 0 unspecified atom stereocenters. The lowest BCUT2D eigenvalue weighted by Gasteiger charge is -2.10. The van der Waals surface area contributed by atoms with Crippen LogP contribution in [0, 0.1) is 5.92 Å². The Labute approximate surface area is 120 Å². The summed E-state index contributed by atoms with van der Waals surface area (Å²) in [6.07, 6.45) is 1.55. The minimum Gasteiger partial charge on any atom is -0.486 e. The maximum atomic E-state index is 5.76. The highest BCUT2D eigenvalue weighted by Gasteiger charge is 2.07. The second-order valence-electron chi connectivity index (χ2n) is 4.76. The molecule has 1 aromatic carbocycles. The predicted octanol–water partition coefficient (Wildman–Crippen LogP) is 2.86. The summed E-state index contributed by atoms with van der Waals surface area (Å²) in [4.78, 5) is 4.21. The van der Waals surface area contributed by atoms with Crippen LogP contribution >= 0.6 is 15.9 Å². The SMILES string of the molecule is CC(C)Cn1ncnc1COc1cc(N)cc(Br)c1. The Bertz CT molecular complexity index is 533. The third-order valence-electron chi connectivity index (χ3n) is 2.50. The van der Waals surface area contributed by atoms with Crippen molar-refractivity contribution < 1.29 is 4.74 Å². The number of rotatable bonds is 5. The van der Waals surface area contributed by atoms with E-state index in [2.05, 4.69) is 39.9 Å². The van der Waals surface area contributed by atoms with Gasteiger partial charge in [-0.25, -0.2) is 9.67 Å². The molecule has 2 N–H and O–H groups in total. The highest BCUT2D eigenvalue weighted by atomic mass is 79.9. The second kappa shape index (κ2) is 6.06. The van der Waals surface area contributed by atoms with Crippen molar-refractivity contribution in [2.24, 2.45) is 5.92 Å². The molecule has 6 heteroatoms. The summed E-state index contributed by atoms with van der Waals surface area (Å²) in [5.41, 5.74) is 6.42. The van der Waals surface area contributed by atoms with Gasteiger partial charge in [-0.1, -0.05) is 29.8 Å². The fourth-order valence-corrected chi connectivity index (χ4v) is 2.20. The number of benzene rings is 1. The molecule has 0 spiro atoms. The smallest absolute Gasteiger partial charge is 0.164 e. The monoisotopic (exact) mass is 324 g/mol. The zero-order valence-electron chi connectivity index (χ0n) is 11.0. The Morgan fingerprint density at radius 1 is 1.37 bits per heavy atom. The van der Waals surface area contributed by atoms with Crippen molar-refractivity contribution in [3.8, 4) is 5.75 Å². The van der Waals surface area contributed by atoms with Crippen LogP contribution in [0.5, 0.6) is 5.75 Å². The van der Waals surface area contributed by atoms with Crippen LogP contribution in [0.15, 0.2) is 29.0 Å². The minimum atomic E-state index is 0.378. The van der Waals surface area contributed by atoms with E-state index in [1.807, 2.05) is 16.8 Å². The van der Waals surface area contributed by atoms with Gasteiger partial charge in [0.25, 0.3) is 0 Å². The highest BCUT2D eigenvalue weighted by Crippen LogP contribution is 2.23. The van der Waals surface area contributed by atoms with Gasteiger partial charge in [0.15, 0.2) is 5.82 Å². The minimum absolute atomic E-state index is 0.378. The number of nitrogens with two attached hydrogens (primary N) is 1. The van der Waals surface area contributed by atoms with Gasteiger partial charge in [0.05, 0.1) is 0 Å². The van der Waals surface area contributed by atoms with E-state index in [1.54, 1.807) is 12.4 Å². The molecule has 0 saturated heterocycles. The zero-order chi connectivity index (χ0) is 13.8. The molecule has 19 heavy (non-hydrogen) atoms. The van der Waals surface area contributed by atoms with E-state index in [1.165, 1.54) is 0 Å². The van der Waals surface area contributed by atoms with Gasteiger partial charge in [-0.2, -0.15) is 5.10 Å². The Balaban J connectivity index is 2.04. The standard InChI is InChI=1S/C13H17BrN4O/c1-9(2)6-18-13(16-8-17-18)7-19-12-4-10(14)3-11(15)5-12/h3-5,8-9H,6-7,15H2,1-2H3. The second-order valence-corrected chi connectivity index (χ2v) is 5.68. The summed E-state index contributed by atoms with van der Waals surface area (Å²) in [7, 11) is 0. The number of halogens is 1. The molecule has 2 rings (SSSR count). The Kier molecular flexibility index (Phi) is 4.42. The molecule has 1 aromatic heterocycles. The van der Waals surface area contributed by atoms with E-state index in [0.29, 0.717) is 24.0 Å². The number of nitrogen functional groups attached to an aromatic ring is 1. The lowest BCUT2D eigenvalue weighted by molar-refractivity contribution is 0.282. The molecular formula is C13H17BrN4O. The summed E-state index contributed by atoms with van der Waals surface area (Å²) in [6.45, 7) is 5.49. The van der Waals surface area contributed by atoms with Gasteiger partial charge >= 0.3 is 0 Å². The fourth-order valence-electron chi connectivity index (χ4n) is 1.71. The van der Waals surface area contributed by atoms with Gasteiger partial charge in [-0.3, -0.25) is 0 Å². The van der Waals surface area contributed by atoms with Crippen LogP contribution in [-0.4, -0.2) is 14.8 Å². The lowest BCUT2D eigenvalue weighted by atomic mass is 10.2. The van der Waals surface area contributed by atoms with E-state index < -0.39 is 0 Å². The van der Waals surface area contributed by atoms with Crippen LogP contribution in [0.25, 0.3) is 0 Å². The van der Waals surface area contributed by atoms with Crippen LogP contribution in [0.2, 0.25) is 0 Å². The molecule has 0 bridgehead atoms. The van der Waals surface area contributed by atoms with E-state index >= 15 is 0 Å². The van der Waals surface area contributed by atoms with Crippen molar-refractivity contribution in [3.63, 3.8) is 0 Å². The molecule has 0 amide bonds. The third-order valence-corrected chi connectivity index (χ3v) is 2.95.